The fourth-order valence-electron chi connectivity index (χ4n) is 3.56. The van der Waals surface area contributed by atoms with Crippen LogP contribution < -0.4 is 0 Å². The first-order valence-electron chi connectivity index (χ1n) is 10.0. The molecule has 0 N–H and O–H groups in total. The smallest absolute Gasteiger partial charge is 0.457 e. The van der Waals surface area contributed by atoms with E-state index >= 15 is 0 Å². The van der Waals surface area contributed by atoms with Gasteiger partial charge in [0.2, 0.25) is 0 Å². The monoisotopic (exact) mass is 482 g/mol. The Labute approximate surface area is 186 Å². The van der Waals surface area contributed by atoms with Gasteiger partial charge < -0.3 is 36.0 Å². The molecule has 0 aliphatic carbocycles. The molecule has 31 heavy (non-hydrogen) atoms. The van der Waals surface area contributed by atoms with E-state index in [1.165, 1.54) is 42.7 Å². The fraction of sp³-hybridized carbons (Fsp3) is 0.833. The highest BCUT2D eigenvalue weighted by Crippen LogP contribution is 2.23. The third-order valence-corrected chi connectivity index (χ3v) is 11.0. The van der Waals surface area contributed by atoms with Crippen molar-refractivity contribution in [2.45, 2.75) is 37.1 Å². The zero-order valence-corrected chi connectivity index (χ0v) is 21.3. The first-order chi connectivity index (χ1) is 14.8. The van der Waals surface area contributed by atoms with E-state index in [1.807, 2.05) is 0 Å². The molecule has 13 heteroatoms. The topological polar surface area (TPSA) is 111 Å². The van der Waals surface area contributed by atoms with Gasteiger partial charge in [-0.05, 0) is 32.2 Å². The maximum Gasteiger partial charge on any atom is 0.543 e. The number of rotatable bonds is 13. The molecule has 0 amide bonds. The van der Waals surface area contributed by atoms with Crippen molar-refractivity contribution in [3.8, 4) is 0 Å². The number of carbonyl (C=O) groups is 2. The van der Waals surface area contributed by atoms with Crippen LogP contribution in [0.15, 0.2) is 0 Å². The van der Waals surface area contributed by atoms with Gasteiger partial charge in [-0.3, -0.25) is 14.5 Å². The van der Waals surface area contributed by atoms with Crippen molar-refractivity contribution in [3.63, 3.8) is 0 Å². The van der Waals surface area contributed by atoms with Crippen LogP contribution in [0.3, 0.4) is 0 Å². The number of cyclic esters (lactones) is 1. The quantitative estimate of drug-likeness (QED) is 0.268. The molecule has 1 aliphatic heterocycles. The molecule has 0 aromatic heterocycles. The van der Waals surface area contributed by atoms with Crippen LogP contribution in [0, 0.1) is 6.92 Å². The molecule has 1 radical (unpaired) electrons. The van der Waals surface area contributed by atoms with Gasteiger partial charge in [0, 0.05) is 42.7 Å². The molecule has 2 unspecified atom stereocenters. The number of esters is 2. The van der Waals surface area contributed by atoms with E-state index < -0.39 is 41.0 Å². The van der Waals surface area contributed by atoms with E-state index in [-0.39, 0.29) is 13.1 Å². The lowest BCUT2D eigenvalue weighted by Crippen LogP contribution is -2.58. The summed E-state index contributed by atoms with van der Waals surface area (Å²) in [4.78, 5) is 26.7. The molecule has 0 aromatic carbocycles. The van der Waals surface area contributed by atoms with Gasteiger partial charge >= 0.3 is 29.5 Å². The zero-order chi connectivity index (χ0) is 23.5. The van der Waals surface area contributed by atoms with Gasteiger partial charge in [0.05, 0.1) is 13.1 Å². The van der Waals surface area contributed by atoms with Crippen LogP contribution in [0.5, 0.6) is 0 Å². The van der Waals surface area contributed by atoms with Crippen LogP contribution in [-0.4, -0.2) is 108 Å². The summed E-state index contributed by atoms with van der Waals surface area (Å²) in [6, 6.07) is 0. The standard InChI is InChI=1S/C18H36NO10Si2/c1-8-10-17(30(22-2,23-3)24-4)28-15(20)13-19-12-9-11-18(29-16(21)14-19)31(25-5,26-6)27-7/h17-18H,1,8-14H2,2-7H3. The lowest BCUT2D eigenvalue weighted by molar-refractivity contribution is -0.155. The van der Waals surface area contributed by atoms with Crippen molar-refractivity contribution in [1.29, 1.82) is 0 Å². The van der Waals surface area contributed by atoms with E-state index in [1.54, 1.807) is 4.90 Å². The average Bonchev–Trinajstić information content (AvgIpc) is 2.75. The number of ether oxygens (including phenoxy) is 2. The predicted molar refractivity (Wildman–Crippen MR) is 114 cm³/mol. The summed E-state index contributed by atoms with van der Waals surface area (Å²) in [5, 5.41) is 0. The van der Waals surface area contributed by atoms with Crippen molar-refractivity contribution in [1.82, 2.24) is 4.90 Å². The van der Waals surface area contributed by atoms with Crippen molar-refractivity contribution < 1.29 is 45.6 Å². The predicted octanol–water partition coefficient (Wildman–Crippen LogP) is 0.355. The summed E-state index contributed by atoms with van der Waals surface area (Å²) in [7, 11) is 2.45. The molecule has 1 saturated heterocycles. The second-order valence-corrected chi connectivity index (χ2v) is 13.0. The fourth-order valence-corrected chi connectivity index (χ4v) is 7.81. The number of nitrogens with zero attached hydrogens (tertiary/aromatic N) is 1. The molecule has 0 bridgehead atoms. The Hall–Kier alpha value is -0.906. The summed E-state index contributed by atoms with van der Waals surface area (Å²) in [5.41, 5.74) is -1.30. The molecule has 1 rings (SSSR count). The van der Waals surface area contributed by atoms with E-state index in [9.17, 15) is 9.59 Å². The van der Waals surface area contributed by atoms with Crippen LogP contribution in [-0.2, 0) is 45.6 Å². The second-order valence-electron chi connectivity index (χ2n) is 6.88. The summed E-state index contributed by atoms with van der Waals surface area (Å²) < 4.78 is 43.8. The highest BCUT2D eigenvalue weighted by Gasteiger charge is 2.51. The molecule has 1 fully saturated rings. The van der Waals surface area contributed by atoms with Gasteiger partial charge in [-0.15, -0.1) is 0 Å². The van der Waals surface area contributed by atoms with Crippen LogP contribution in [0.4, 0.5) is 0 Å². The van der Waals surface area contributed by atoms with Crippen molar-refractivity contribution >= 4 is 29.5 Å². The van der Waals surface area contributed by atoms with E-state index in [4.69, 9.17) is 36.0 Å². The molecular weight excluding hydrogens is 446 g/mol. The van der Waals surface area contributed by atoms with Crippen LogP contribution in [0.1, 0.15) is 25.7 Å². The third kappa shape index (κ3) is 7.30. The first kappa shape index (κ1) is 28.1. The van der Waals surface area contributed by atoms with Crippen LogP contribution in [0.2, 0.25) is 0 Å². The van der Waals surface area contributed by atoms with Gasteiger partial charge in [0.25, 0.3) is 0 Å². The molecule has 2 atom stereocenters. The Bertz CT molecular complexity index is 543. The first-order valence-corrected chi connectivity index (χ1v) is 13.6. The summed E-state index contributed by atoms with van der Waals surface area (Å²) in [6.45, 7) is 4.14. The summed E-state index contributed by atoms with van der Waals surface area (Å²) >= 11 is 0. The van der Waals surface area contributed by atoms with E-state index in [2.05, 4.69) is 6.92 Å². The minimum absolute atomic E-state index is 0.0748. The Morgan fingerprint density at radius 2 is 1.68 bits per heavy atom. The van der Waals surface area contributed by atoms with Gasteiger partial charge in [0.15, 0.2) is 11.5 Å². The van der Waals surface area contributed by atoms with Gasteiger partial charge in [-0.2, -0.15) is 0 Å². The Balaban J connectivity index is 2.77. The van der Waals surface area contributed by atoms with E-state index in [0.717, 1.165) is 0 Å². The molecule has 11 nitrogen and oxygen atoms in total. The maximum absolute atomic E-state index is 12.6. The lowest BCUT2D eigenvalue weighted by Gasteiger charge is -2.35. The van der Waals surface area contributed by atoms with Gasteiger partial charge in [0.1, 0.15) is 0 Å². The zero-order valence-electron chi connectivity index (χ0n) is 19.3. The van der Waals surface area contributed by atoms with Crippen molar-refractivity contribution in [2.75, 3.05) is 62.3 Å². The number of hydrogen-bond acceptors (Lipinski definition) is 11. The van der Waals surface area contributed by atoms with Gasteiger partial charge in [-0.25, -0.2) is 0 Å². The highest BCUT2D eigenvalue weighted by molar-refractivity contribution is 6.62. The van der Waals surface area contributed by atoms with Crippen LogP contribution >= 0.6 is 0 Å². The molecule has 1 aliphatic rings. The minimum atomic E-state index is -3.20. The molecule has 181 valence electrons. The van der Waals surface area contributed by atoms with E-state index in [0.29, 0.717) is 32.2 Å². The number of hydrogen-bond donors (Lipinski definition) is 0. The maximum atomic E-state index is 12.6. The second kappa shape index (κ2) is 13.6. The molecular formula is C18H36NO10Si2. The largest absolute Gasteiger partial charge is 0.543 e. The Kier molecular flexibility index (Phi) is 12.3. The highest BCUT2D eigenvalue weighted by atomic mass is 28.4. The lowest BCUT2D eigenvalue weighted by atomic mass is 10.2. The van der Waals surface area contributed by atoms with Crippen LogP contribution in [0.25, 0.3) is 0 Å². The normalized spacial score (nSPS) is 20.0. The Morgan fingerprint density at radius 3 is 2.16 bits per heavy atom. The molecule has 0 saturated carbocycles. The summed E-state index contributed by atoms with van der Waals surface area (Å²) in [6.07, 6.45) is 2.06. The minimum Gasteiger partial charge on any atom is -0.457 e. The SMILES string of the molecule is [CH2]CCC(OC(=O)CN1CCCC([Si](OC)(OC)OC)OC(=O)C1)[Si](OC)(OC)OC. The third-order valence-electron chi connectivity index (χ3n) is 5.16. The molecule has 0 aromatic rings. The van der Waals surface area contributed by atoms with Crippen molar-refractivity contribution in [3.05, 3.63) is 6.92 Å². The average molecular weight is 483 g/mol. The Morgan fingerprint density at radius 1 is 1.10 bits per heavy atom. The number of carbonyl (C=O) groups excluding carboxylic acids is 2. The van der Waals surface area contributed by atoms with Crippen molar-refractivity contribution in [2.24, 2.45) is 0 Å². The van der Waals surface area contributed by atoms with Gasteiger partial charge in [-0.1, -0.05) is 6.92 Å². The summed E-state index contributed by atoms with van der Waals surface area (Å²) in [5.74, 6) is -1.01. The molecule has 0 spiro atoms. The molecule has 1 heterocycles.